The molecular formula is C43H46N8O2. The Bertz CT molecular complexity index is 2140. The number of morpholine rings is 1. The van der Waals surface area contributed by atoms with E-state index in [4.69, 9.17) is 9.72 Å². The van der Waals surface area contributed by atoms with Crippen molar-refractivity contribution in [3.8, 4) is 22.4 Å². The number of imidazole rings is 1. The van der Waals surface area contributed by atoms with E-state index in [0.717, 1.165) is 115 Å². The Balaban J connectivity index is 0.987. The van der Waals surface area contributed by atoms with Crippen LogP contribution >= 0.6 is 0 Å². The normalized spacial score (nSPS) is 16.7. The van der Waals surface area contributed by atoms with Crippen molar-refractivity contribution in [1.82, 2.24) is 29.7 Å². The lowest BCUT2D eigenvalue weighted by Crippen LogP contribution is -2.43. The van der Waals surface area contributed by atoms with Crippen molar-refractivity contribution in [3.63, 3.8) is 0 Å². The summed E-state index contributed by atoms with van der Waals surface area (Å²) >= 11 is 0. The number of aromatic amines is 1. The summed E-state index contributed by atoms with van der Waals surface area (Å²) < 4.78 is 5.50. The third kappa shape index (κ3) is 7.25. The summed E-state index contributed by atoms with van der Waals surface area (Å²) in [6.07, 6.45) is 5.34. The summed E-state index contributed by atoms with van der Waals surface area (Å²) in [6.45, 7) is 9.91. The van der Waals surface area contributed by atoms with Gasteiger partial charge in [-0.15, -0.1) is 0 Å². The number of aromatic nitrogens is 4. The van der Waals surface area contributed by atoms with Crippen LogP contribution in [0, 0.1) is 0 Å². The molecule has 10 nitrogen and oxygen atoms in total. The summed E-state index contributed by atoms with van der Waals surface area (Å²) in [6, 6.07) is 33.1. The van der Waals surface area contributed by atoms with Crippen LogP contribution < -0.4 is 10.2 Å². The second-order valence-corrected chi connectivity index (χ2v) is 13.7. The first-order valence-corrected chi connectivity index (χ1v) is 18.8. The Hall–Kier alpha value is -5.58. The average molecular weight is 707 g/mol. The van der Waals surface area contributed by atoms with E-state index in [-0.39, 0.29) is 18.0 Å². The predicted octanol–water partition coefficient (Wildman–Crippen LogP) is 8.01. The molecule has 2 atom stereocenters. The molecule has 2 aromatic heterocycles. The Kier molecular flexibility index (Phi) is 10.1. The molecule has 0 spiro atoms. The number of hydrogen-bond donors (Lipinski definition) is 2. The summed E-state index contributed by atoms with van der Waals surface area (Å²) in [5, 5.41) is 4.47. The third-order valence-corrected chi connectivity index (χ3v) is 10.6. The van der Waals surface area contributed by atoms with Gasteiger partial charge in [-0.05, 0) is 84.6 Å². The number of nitrogens with one attached hydrogen (secondary N) is 2. The van der Waals surface area contributed by atoms with E-state index in [0.29, 0.717) is 0 Å². The fraction of sp³-hybridized carbons (Fsp3) is 0.302. The zero-order valence-corrected chi connectivity index (χ0v) is 30.4. The van der Waals surface area contributed by atoms with E-state index in [1.807, 2.05) is 35.4 Å². The van der Waals surface area contributed by atoms with Gasteiger partial charge in [0.25, 0.3) is 0 Å². The van der Waals surface area contributed by atoms with Gasteiger partial charge in [0.2, 0.25) is 5.91 Å². The molecule has 10 heteroatoms. The van der Waals surface area contributed by atoms with Crippen LogP contribution in [0.4, 0.5) is 17.2 Å². The highest BCUT2D eigenvalue weighted by molar-refractivity contribution is 5.94. The highest BCUT2D eigenvalue weighted by Gasteiger charge is 2.38. The van der Waals surface area contributed by atoms with E-state index in [1.165, 1.54) is 5.69 Å². The van der Waals surface area contributed by atoms with Gasteiger partial charge in [0.15, 0.2) is 0 Å². The van der Waals surface area contributed by atoms with Crippen molar-refractivity contribution in [2.24, 2.45) is 0 Å². The molecule has 2 N–H and O–H groups in total. The van der Waals surface area contributed by atoms with Crippen molar-refractivity contribution < 1.29 is 9.53 Å². The van der Waals surface area contributed by atoms with Crippen LogP contribution in [0.15, 0.2) is 110 Å². The van der Waals surface area contributed by atoms with Crippen LogP contribution in [0.2, 0.25) is 0 Å². The van der Waals surface area contributed by atoms with Crippen molar-refractivity contribution in [3.05, 3.63) is 121 Å². The van der Waals surface area contributed by atoms with Gasteiger partial charge >= 0.3 is 0 Å². The van der Waals surface area contributed by atoms with Gasteiger partial charge in [-0.1, -0.05) is 74.5 Å². The largest absolute Gasteiger partial charge is 0.378 e. The van der Waals surface area contributed by atoms with Gasteiger partial charge in [0.05, 0.1) is 36.7 Å². The zero-order valence-electron chi connectivity index (χ0n) is 30.4. The van der Waals surface area contributed by atoms with Crippen LogP contribution in [-0.2, 0) is 9.53 Å². The Morgan fingerprint density at radius 3 is 2.36 bits per heavy atom. The lowest BCUT2D eigenvalue weighted by atomic mass is 10.0. The quantitative estimate of drug-likeness (QED) is 0.140. The maximum atomic E-state index is 14.2. The van der Waals surface area contributed by atoms with E-state index < -0.39 is 0 Å². The highest BCUT2D eigenvalue weighted by Crippen LogP contribution is 2.36. The minimum atomic E-state index is -0.311. The molecule has 270 valence electrons. The van der Waals surface area contributed by atoms with Crippen LogP contribution in [0.5, 0.6) is 0 Å². The number of likely N-dealkylation sites (N-methyl/N-ethyl adjacent to an activating group) is 1. The Labute approximate surface area is 310 Å². The average Bonchev–Trinajstić information content (AvgIpc) is 3.92. The maximum Gasteiger partial charge on any atom is 0.245 e. The van der Waals surface area contributed by atoms with E-state index in [1.54, 1.807) is 6.33 Å². The van der Waals surface area contributed by atoms with Gasteiger partial charge in [-0.3, -0.25) is 9.69 Å². The Morgan fingerprint density at radius 2 is 1.60 bits per heavy atom. The van der Waals surface area contributed by atoms with Crippen LogP contribution in [0.25, 0.3) is 33.3 Å². The molecule has 0 bridgehead atoms. The molecule has 2 saturated heterocycles. The Morgan fingerprint density at radius 1 is 0.868 bits per heavy atom. The smallest absolute Gasteiger partial charge is 0.245 e. The molecule has 0 saturated carbocycles. The molecular weight excluding hydrogens is 661 g/mol. The topological polar surface area (TPSA) is 103 Å². The van der Waals surface area contributed by atoms with Gasteiger partial charge in [0, 0.05) is 36.4 Å². The van der Waals surface area contributed by atoms with Crippen molar-refractivity contribution in [2.75, 3.05) is 56.2 Å². The van der Waals surface area contributed by atoms with Crippen molar-refractivity contribution >= 4 is 34.0 Å². The first-order valence-electron chi connectivity index (χ1n) is 18.8. The van der Waals surface area contributed by atoms with Crippen LogP contribution in [-0.4, -0.2) is 81.6 Å². The fourth-order valence-electron chi connectivity index (χ4n) is 7.75. The highest BCUT2D eigenvalue weighted by atomic mass is 16.5. The molecule has 53 heavy (non-hydrogen) atoms. The number of fused-ring (bicyclic) bond motifs is 1. The molecule has 0 aliphatic carbocycles. The molecule has 8 rings (SSSR count). The number of hydrogen-bond acceptors (Lipinski definition) is 8. The van der Waals surface area contributed by atoms with E-state index in [9.17, 15) is 4.79 Å². The molecule has 6 aromatic rings. The summed E-state index contributed by atoms with van der Waals surface area (Å²) in [7, 11) is 0. The molecule has 4 aromatic carbocycles. The number of amides is 1. The number of ether oxygens (including phenoxy) is 1. The lowest BCUT2D eigenvalue weighted by molar-refractivity contribution is -0.138. The number of benzene rings is 4. The molecule has 0 unspecified atom stereocenters. The van der Waals surface area contributed by atoms with Gasteiger partial charge in [-0.25, -0.2) is 15.0 Å². The number of H-pyrrole nitrogens is 1. The first kappa shape index (κ1) is 34.5. The van der Waals surface area contributed by atoms with Crippen LogP contribution in [0.3, 0.4) is 0 Å². The number of rotatable bonds is 11. The SMILES string of the molecule is CCN(CC)[C@@H](C(=O)N1CCC[C@H]1c1ncc(-c2ccc(-c3ccc4ncnc(Nc5ccc(N6CCOCC6)cc5)c4c3)cc2)[nH]1)c1ccccc1. The van der Waals surface area contributed by atoms with E-state index >= 15 is 0 Å². The minimum Gasteiger partial charge on any atom is -0.378 e. The predicted molar refractivity (Wildman–Crippen MR) is 211 cm³/mol. The molecule has 0 radical (unpaired) electrons. The van der Waals surface area contributed by atoms with Crippen molar-refractivity contribution in [2.45, 2.75) is 38.8 Å². The van der Waals surface area contributed by atoms with Gasteiger partial charge in [0.1, 0.15) is 24.0 Å². The second kappa shape index (κ2) is 15.6. The van der Waals surface area contributed by atoms with Crippen LogP contribution in [0.1, 0.15) is 50.2 Å². The van der Waals surface area contributed by atoms with Crippen molar-refractivity contribution in [1.29, 1.82) is 0 Å². The second-order valence-electron chi connectivity index (χ2n) is 13.7. The number of anilines is 3. The molecule has 2 aliphatic rings. The minimum absolute atomic E-state index is 0.0809. The number of carbonyl (C=O) groups excluding carboxylic acids is 1. The molecule has 4 heterocycles. The summed E-state index contributed by atoms with van der Waals surface area (Å²) in [5.41, 5.74) is 8.24. The fourth-order valence-corrected chi connectivity index (χ4v) is 7.75. The first-order chi connectivity index (χ1) is 26.1. The standard InChI is InChI=1S/C43H46N8O2/c1-3-49(4-2)40(32-9-6-5-7-10-32)43(52)51-22-8-11-39(51)42-44-28-38(48-42)31-14-12-30(13-15-31)33-16-21-37-36(27-33)41(46-29-45-37)47-34-17-19-35(20-18-34)50-23-25-53-26-24-50/h5-7,9-10,12-21,27-29,39-40H,3-4,8,11,22-26H2,1-2H3,(H,44,48)(H,45,46,47)/t39-,40+/m0/s1. The van der Waals surface area contributed by atoms with Gasteiger partial charge in [-0.2, -0.15) is 0 Å². The lowest BCUT2D eigenvalue weighted by Gasteiger charge is -2.34. The summed E-state index contributed by atoms with van der Waals surface area (Å²) in [4.78, 5) is 38.4. The molecule has 2 fully saturated rings. The third-order valence-electron chi connectivity index (χ3n) is 10.6. The monoisotopic (exact) mass is 706 g/mol. The summed E-state index contributed by atoms with van der Waals surface area (Å²) in [5.74, 6) is 1.75. The molecule has 2 aliphatic heterocycles. The van der Waals surface area contributed by atoms with Gasteiger partial charge < -0.3 is 24.8 Å². The number of nitrogens with zero attached hydrogens (tertiary/aromatic N) is 6. The number of likely N-dealkylation sites (tertiary alicyclic amines) is 1. The number of carbonyl (C=O) groups is 1. The van der Waals surface area contributed by atoms with E-state index in [2.05, 4.69) is 117 Å². The zero-order chi connectivity index (χ0) is 36.1. The maximum absolute atomic E-state index is 14.2. The molecule has 1 amide bonds.